The van der Waals surface area contributed by atoms with Crippen molar-refractivity contribution < 1.29 is 18.3 Å². The molecule has 1 unspecified atom stereocenters. The standard InChI is InChI=1S/C15H12ClF2NO2/c1-21-15(20)14(12-6-5-10(17)8-13(12)18)19-11-4-2-3-9(16)7-11/h2-8,14,19H,1H3. The third kappa shape index (κ3) is 3.70. The number of nitrogens with one attached hydrogen (secondary N) is 1. The predicted molar refractivity (Wildman–Crippen MR) is 76.2 cm³/mol. The Morgan fingerprint density at radius 2 is 2.00 bits per heavy atom. The van der Waals surface area contributed by atoms with Gasteiger partial charge in [0.15, 0.2) is 6.04 Å². The molecule has 0 bridgehead atoms. The Balaban J connectivity index is 2.37. The second kappa shape index (κ2) is 6.54. The van der Waals surface area contributed by atoms with E-state index >= 15 is 0 Å². The summed E-state index contributed by atoms with van der Waals surface area (Å²) in [6.45, 7) is 0. The van der Waals surface area contributed by atoms with E-state index in [-0.39, 0.29) is 5.56 Å². The Kier molecular flexibility index (Phi) is 4.75. The molecular formula is C15H12ClF2NO2. The van der Waals surface area contributed by atoms with Crippen LogP contribution in [0.1, 0.15) is 11.6 Å². The number of hydrogen-bond acceptors (Lipinski definition) is 3. The van der Waals surface area contributed by atoms with Crippen molar-refractivity contribution in [2.45, 2.75) is 6.04 Å². The van der Waals surface area contributed by atoms with E-state index in [2.05, 4.69) is 10.1 Å². The minimum atomic E-state index is -1.10. The normalized spacial score (nSPS) is 11.8. The third-order valence-corrected chi connectivity index (χ3v) is 3.08. The number of methoxy groups -OCH3 is 1. The second-order valence-corrected chi connectivity index (χ2v) is 4.71. The van der Waals surface area contributed by atoms with E-state index in [0.29, 0.717) is 16.8 Å². The molecule has 0 spiro atoms. The van der Waals surface area contributed by atoms with Gasteiger partial charge in [-0.05, 0) is 24.3 Å². The molecule has 0 saturated carbocycles. The molecule has 1 N–H and O–H groups in total. The maximum atomic E-state index is 13.9. The summed E-state index contributed by atoms with van der Waals surface area (Å²) in [7, 11) is 1.19. The SMILES string of the molecule is COC(=O)C(Nc1cccc(Cl)c1)c1ccc(F)cc1F. The summed E-state index contributed by atoms with van der Waals surface area (Å²) in [5.41, 5.74) is 0.504. The number of rotatable bonds is 4. The van der Waals surface area contributed by atoms with Gasteiger partial charge in [0.25, 0.3) is 0 Å². The van der Waals surface area contributed by atoms with Crippen LogP contribution in [0.4, 0.5) is 14.5 Å². The van der Waals surface area contributed by atoms with Gasteiger partial charge in [-0.3, -0.25) is 0 Å². The van der Waals surface area contributed by atoms with E-state index in [1.54, 1.807) is 24.3 Å². The number of hydrogen-bond donors (Lipinski definition) is 1. The maximum absolute atomic E-state index is 13.9. The number of carbonyl (C=O) groups excluding carboxylic acids is 1. The van der Waals surface area contributed by atoms with Gasteiger partial charge in [-0.1, -0.05) is 23.7 Å². The highest BCUT2D eigenvalue weighted by molar-refractivity contribution is 6.30. The van der Waals surface area contributed by atoms with Crippen molar-refractivity contribution in [3.05, 3.63) is 64.7 Å². The summed E-state index contributed by atoms with van der Waals surface area (Å²) in [6, 6.07) is 8.48. The second-order valence-electron chi connectivity index (χ2n) is 4.28. The highest BCUT2D eigenvalue weighted by Gasteiger charge is 2.24. The molecule has 110 valence electrons. The summed E-state index contributed by atoms with van der Waals surface area (Å²) >= 11 is 5.86. The fraction of sp³-hybridized carbons (Fsp3) is 0.133. The highest BCUT2D eigenvalue weighted by atomic mass is 35.5. The van der Waals surface area contributed by atoms with Crippen LogP contribution in [0.15, 0.2) is 42.5 Å². The van der Waals surface area contributed by atoms with Gasteiger partial charge in [0, 0.05) is 22.3 Å². The molecule has 0 heterocycles. The lowest BCUT2D eigenvalue weighted by atomic mass is 10.1. The van der Waals surface area contributed by atoms with Gasteiger partial charge >= 0.3 is 5.97 Å². The Hall–Kier alpha value is -2.14. The minimum Gasteiger partial charge on any atom is -0.467 e. The Morgan fingerprint density at radius 1 is 1.24 bits per heavy atom. The topological polar surface area (TPSA) is 38.3 Å². The molecule has 0 aliphatic rings. The van der Waals surface area contributed by atoms with Gasteiger partial charge in [0.05, 0.1) is 7.11 Å². The fourth-order valence-electron chi connectivity index (χ4n) is 1.86. The zero-order valence-electron chi connectivity index (χ0n) is 11.1. The number of halogens is 3. The van der Waals surface area contributed by atoms with Crippen molar-refractivity contribution in [3.63, 3.8) is 0 Å². The Morgan fingerprint density at radius 3 is 2.62 bits per heavy atom. The molecule has 0 aliphatic heterocycles. The van der Waals surface area contributed by atoms with Crippen LogP contribution >= 0.6 is 11.6 Å². The Labute approximate surface area is 125 Å². The summed E-state index contributed by atoms with van der Waals surface area (Å²) in [4.78, 5) is 11.9. The van der Waals surface area contributed by atoms with Crippen molar-refractivity contribution in [1.29, 1.82) is 0 Å². The first-order valence-electron chi connectivity index (χ1n) is 6.06. The zero-order valence-corrected chi connectivity index (χ0v) is 11.8. The van der Waals surface area contributed by atoms with Gasteiger partial charge in [0.1, 0.15) is 11.6 Å². The monoisotopic (exact) mass is 311 g/mol. The minimum absolute atomic E-state index is 0.0109. The van der Waals surface area contributed by atoms with Crippen molar-refractivity contribution >= 4 is 23.3 Å². The molecule has 3 nitrogen and oxygen atoms in total. The molecule has 2 aromatic rings. The summed E-state index contributed by atoms with van der Waals surface area (Å²) in [6.07, 6.45) is 0. The van der Waals surface area contributed by atoms with Crippen molar-refractivity contribution in [3.8, 4) is 0 Å². The van der Waals surface area contributed by atoms with Gasteiger partial charge in [0.2, 0.25) is 0 Å². The first-order chi connectivity index (χ1) is 10.0. The van der Waals surface area contributed by atoms with E-state index in [9.17, 15) is 13.6 Å². The molecule has 0 aliphatic carbocycles. The van der Waals surface area contributed by atoms with Crippen molar-refractivity contribution in [2.75, 3.05) is 12.4 Å². The van der Waals surface area contributed by atoms with E-state index in [1.807, 2.05) is 0 Å². The van der Waals surface area contributed by atoms with Crippen LogP contribution in [0.25, 0.3) is 0 Å². The van der Waals surface area contributed by atoms with E-state index < -0.39 is 23.6 Å². The van der Waals surface area contributed by atoms with Crippen LogP contribution in [0.2, 0.25) is 5.02 Å². The first kappa shape index (κ1) is 15.3. The van der Waals surface area contributed by atoms with E-state index in [0.717, 1.165) is 6.07 Å². The highest BCUT2D eigenvalue weighted by Crippen LogP contribution is 2.25. The van der Waals surface area contributed by atoms with E-state index in [1.165, 1.54) is 13.2 Å². The smallest absolute Gasteiger partial charge is 0.333 e. The molecular weight excluding hydrogens is 300 g/mol. The third-order valence-electron chi connectivity index (χ3n) is 2.85. The summed E-state index contributed by atoms with van der Waals surface area (Å²) in [5.74, 6) is -2.25. The van der Waals surface area contributed by atoms with Crippen LogP contribution in [0.3, 0.4) is 0 Å². The Bertz CT molecular complexity index is 664. The molecule has 1 atom stereocenters. The number of anilines is 1. The molecule has 0 aromatic heterocycles. The average Bonchev–Trinajstić information content (AvgIpc) is 2.45. The van der Waals surface area contributed by atoms with Crippen LogP contribution in [0.5, 0.6) is 0 Å². The lowest BCUT2D eigenvalue weighted by Crippen LogP contribution is -2.23. The van der Waals surface area contributed by atoms with Crippen LogP contribution in [0, 0.1) is 11.6 Å². The largest absolute Gasteiger partial charge is 0.467 e. The molecule has 0 fully saturated rings. The van der Waals surface area contributed by atoms with Gasteiger partial charge < -0.3 is 10.1 Å². The average molecular weight is 312 g/mol. The number of ether oxygens (including phenoxy) is 1. The van der Waals surface area contributed by atoms with E-state index in [4.69, 9.17) is 11.6 Å². The summed E-state index contributed by atoms with van der Waals surface area (Å²) in [5, 5.41) is 3.29. The lowest BCUT2D eigenvalue weighted by Gasteiger charge is -2.18. The molecule has 21 heavy (non-hydrogen) atoms. The summed E-state index contributed by atoms with van der Waals surface area (Å²) < 4.78 is 31.5. The number of esters is 1. The fourth-order valence-corrected chi connectivity index (χ4v) is 2.05. The molecule has 2 aromatic carbocycles. The van der Waals surface area contributed by atoms with Gasteiger partial charge in [-0.2, -0.15) is 0 Å². The van der Waals surface area contributed by atoms with Crippen molar-refractivity contribution in [1.82, 2.24) is 0 Å². The molecule has 0 amide bonds. The first-order valence-corrected chi connectivity index (χ1v) is 6.44. The number of benzene rings is 2. The molecule has 6 heteroatoms. The van der Waals surface area contributed by atoms with Crippen LogP contribution in [-0.4, -0.2) is 13.1 Å². The van der Waals surface area contributed by atoms with Crippen LogP contribution in [-0.2, 0) is 9.53 Å². The number of carbonyl (C=O) groups is 1. The predicted octanol–water partition coefficient (Wildman–Crippen LogP) is 3.94. The molecule has 0 saturated heterocycles. The zero-order chi connectivity index (χ0) is 15.4. The van der Waals surface area contributed by atoms with Gasteiger partial charge in [-0.25, -0.2) is 13.6 Å². The van der Waals surface area contributed by atoms with Crippen molar-refractivity contribution in [2.24, 2.45) is 0 Å². The van der Waals surface area contributed by atoms with Gasteiger partial charge in [-0.15, -0.1) is 0 Å². The van der Waals surface area contributed by atoms with Crippen LogP contribution < -0.4 is 5.32 Å². The molecule has 2 rings (SSSR count). The quantitative estimate of drug-likeness (QED) is 0.869. The maximum Gasteiger partial charge on any atom is 0.333 e. The molecule has 0 radical (unpaired) electrons. The lowest BCUT2D eigenvalue weighted by molar-refractivity contribution is -0.141.